The molecule has 3 aromatic rings. The number of amides is 1. The molecular weight excluding hydrogens is 406 g/mol. The molecule has 0 aliphatic rings. The molecule has 0 unspecified atom stereocenters. The first-order valence-corrected chi connectivity index (χ1v) is 9.44. The van der Waals surface area contributed by atoms with Gasteiger partial charge in [-0.05, 0) is 54.4 Å². The third-order valence-electron chi connectivity index (χ3n) is 3.66. The van der Waals surface area contributed by atoms with Crippen LogP contribution in [0.25, 0.3) is 10.4 Å². The molecule has 1 N–H and O–H groups in total. The van der Waals surface area contributed by atoms with Gasteiger partial charge in [0.2, 0.25) is 0 Å². The van der Waals surface area contributed by atoms with Gasteiger partial charge >= 0.3 is 0 Å². The normalized spacial score (nSPS) is 12.0. The number of nitrogens with one attached hydrogen (secondary N) is 1. The largest absolute Gasteiger partial charge is 0.345 e. The quantitative estimate of drug-likeness (QED) is 0.525. The molecule has 2 nitrogen and oxygen atoms in total. The molecule has 1 atom stereocenters. The van der Waals surface area contributed by atoms with Crippen molar-refractivity contribution in [1.82, 2.24) is 5.32 Å². The van der Waals surface area contributed by atoms with Crippen molar-refractivity contribution in [3.8, 4) is 10.4 Å². The first kappa shape index (κ1) is 17.2. The molecule has 1 amide bonds. The van der Waals surface area contributed by atoms with E-state index in [9.17, 15) is 4.79 Å². The highest BCUT2D eigenvalue weighted by Gasteiger charge is 2.14. The second-order valence-electron chi connectivity index (χ2n) is 5.42. The van der Waals surface area contributed by atoms with E-state index >= 15 is 0 Å². The van der Waals surface area contributed by atoms with Crippen molar-refractivity contribution in [2.75, 3.05) is 0 Å². The van der Waals surface area contributed by atoms with Gasteiger partial charge in [-0.15, -0.1) is 11.3 Å². The van der Waals surface area contributed by atoms with E-state index < -0.39 is 0 Å². The van der Waals surface area contributed by atoms with Gasteiger partial charge in [0.15, 0.2) is 0 Å². The molecule has 0 aliphatic carbocycles. The Morgan fingerprint density at radius 3 is 2.58 bits per heavy atom. The van der Waals surface area contributed by atoms with E-state index in [1.165, 1.54) is 11.3 Å². The first-order valence-electron chi connectivity index (χ1n) is 7.45. The number of carbonyl (C=O) groups excluding carboxylic acids is 1. The van der Waals surface area contributed by atoms with Crippen molar-refractivity contribution in [2.24, 2.45) is 0 Å². The number of benzene rings is 2. The van der Waals surface area contributed by atoms with Crippen LogP contribution in [-0.2, 0) is 0 Å². The summed E-state index contributed by atoms with van der Waals surface area (Å²) in [5.74, 6) is -0.0660. The Hall–Kier alpha value is -1.62. The highest BCUT2D eigenvalue weighted by atomic mass is 79.9. The van der Waals surface area contributed by atoms with Gasteiger partial charge in [0.1, 0.15) is 0 Å². The van der Waals surface area contributed by atoms with Crippen LogP contribution in [0.4, 0.5) is 0 Å². The molecule has 5 heteroatoms. The fourth-order valence-corrected chi connectivity index (χ4v) is 3.72. The van der Waals surface area contributed by atoms with Gasteiger partial charge in [-0.1, -0.05) is 51.8 Å². The predicted octanol–water partition coefficient (Wildman–Crippen LogP) is 6.32. The molecule has 0 bridgehead atoms. The van der Waals surface area contributed by atoms with Crippen molar-refractivity contribution in [2.45, 2.75) is 13.0 Å². The van der Waals surface area contributed by atoms with Crippen molar-refractivity contribution in [1.29, 1.82) is 0 Å². The maximum absolute atomic E-state index is 12.5. The number of rotatable bonds is 4. The Labute approximate surface area is 158 Å². The Morgan fingerprint density at radius 2 is 1.88 bits per heavy atom. The summed E-state index contributed by atoms with van der Waals surface area (Å²) in [5.41, 5.74) is 2.09. The van der Waals surface area contributed by atoms with E-state index in [4.69, 9.17) is 11.6 Å². The van der Waals surface area contributed by atoms with Crippen LogP contribution >= 0.6 is 38.9 Å². The van der Waals surface area contributed by atoms with E-state index in [-0.39, 0.29) is 11.9 Å². The minimum atomic E-state index is -0.0660. The van der Waals surface area contributed by atoms with Gasteiger partial charge in [0.05, 0.1) is 10.9 Å². The average molecular weight is 421 g/mol. The summed E-state index contributed by atoms with van der Waals surface area (Å²) in [6.07, 6.45) is 0. The number of carbonyl (C=O) groups is 1. The second kappa shape index (κ2) is 7.51. The highest BCUT2D eigenvalue weighted by Crippen LogP contribution is 2.30. The molecule has 0 saturated heterocycles. The van der Waals surface area contributed by atoms with Crippen LogP contribution < -0.4 is 5.32 Å². The number of hydrogen-bond donors (Lipinski definition) is 1. The fraction of sp³-hybridized carbons (Fsp3) is 0.105. The lowest BCUT2D eigenvalue weighted by Crippen LogP contribution is -2.25. The molecule has 2 aromatic carbocycles. The SMILES string of the molecule is C[C@H](NC(=O)c1ccc(-c2cccc(Cl)c2)s1)c1ccc(Br)cc1. The first-order chi connectivity index (χ1) is 11.5. The zero-order chi connectivity index (χ0) is 17.1. The Kier molecular flexibility index (Phi) is 5.39. The molecule has 24 heavy (non-hydrogen) atoms. The molecule has 1 heterocycles. The molecule has 0 aliphatic heterocycles. The van der Waals surface area contributed by atoms with Crippen molar-refractivity contribution >= 4 is 44.8 Å². The molecule has 1 aromatic heterocycles. The highest BCUT2D eigenvalue weighted by molar-refractivity contribution is 9.10. The van der Waals surface area contributed by atoms with Crippen LogP contribution in [-0.4, -0.2) is 5.91 Å². The van der Waals surface area contributed by atoms with Gasteiger partial charge < -0.3 is 5.32 Å². The van der Waals surface area contributed by atoms with Crippen LogP contribution in [0.2, 0.25) is 5.02 Å². The Balaban J connectivity index is 1.73. The van der Waals surface area contributed by atoms with Crippen LogP contribution in [0.1, 0.15) is 28.2 Å². The molecule has 0 radical (unpaired) electrons. The lowest BCUT2D eigenvalue weighted by molar-refractivity contribution is 0.0944. The molecule has 0 saturated carbocycles. The van der Waals surface area contributed by atoms with E-state index in [1.54, 1.807) is 0 Å². The molecule has 0 spiro atoms. The lowest BCUT2D eigenvalue weighted by Gasteiger charge is -2.13. The van der Waals surface area contributed by atoms with Gasteiger partial charge in [0, 0.05) is 14.4 Å². The van der Waals surface area contributed by atoms with Crippen molar-refractivity contribution in [3.63, 3.8) is 0 Å². The monoisotopic (exact) mass is 419 g/mol. The van der Waals surface area contributed by atoms with Crippen LogP contribution in [0.3, 0.4) is 0 Å². The van der Waals surface area contributed by atoms with Gasteiger partial charge in [0.25, 0.3) is 5.91 Å². The third-order valence-corrected chi connectivity index (χ3v) is 5.55. The minimum Gasteiger partial charge on any atom is -0.345 e. The Morgan fingerprint density at radius 1 is 1.12 bits per heavy atom. The minimum absolute atomic E-state index is 0.0534. The summed E-state index contributed by atoms with van der Waals surface area (Å²) in [5, 5.41) is 3.73. The van der Waals surface area contributed by atoms with E-state index in [0.29, 0.717) is 9.90 Å². The molecular formula is C19H15BrClNOS. The zero-order valence-electron chi connectivity index (χ0n) is 12.9. The van der Waals surface area contributed by atoms with E-state index in [0.717, 1.165) is 20.5 Å². The number of thiophene rings is 1. The Bertz CT molecular complexity index is 860. The van der Waals surface area contributed by atoms with E-state index in [2.05, 4.69) is 21.2 Å². The van der Waals surface area contributed by atoms with Crippen molar-refractivity contribution in [3.05, 3.63) is 80.6 Å². The third kappa shape index (κ3) is 4.07. The number of hydrogen-bond acceptors (Lipinski definition) is 2. The maximum atomic E-state index is 12.5. The summed E-state index contributed by atoms with van der Waals surface area (Å²) in [4.78, 5) is 14.2. The topological polar surface area (TPSA) is 29.1 Å². The summed E-state index contributed by atoms with van der Waals surface area (Å²) in [7, 11) is 0. The molecule has 0 fully saturated rings. The summed E-state index contributed by atoms with van der Waals surface area (Å²) in [6.45, 7) is 1.98. The molecule has 3 rings (SSSR count). The van der Waals surface area contributed by atoms with Crippen LogP contribution in [0.15, 0.2) is 65.1 Å². The van der Waals surface area contributed by atoms with Gasteiger partial charge in [-0.3, -0.25) is 4.79 Å². The smallest absolute Gasteiger partial charge is 0.261 e. The number of halogens is 2. The van der Waals surface area contributed by atoms with E-state index in [1.807, 2.05) is 67.6 Å². The summed E-state index contributed by atoms with van der Waals surface area (Å²) in [6, 6.07) is 19.3. The fourth-order valence-electron chi connectivity index (χ4n) is 2.36. The van der Waals surface area contributed by atoms with Crippen molar-refractivity contribution < 1.29 is 4.79 Å². The second-order valence-corrected chi connectivity index (χ2v) is 7.86. The summed E-state index contributed by atoms with van der Waals surface area (Å²) < 4.78 is 1.02. The average Bonchev–Trinajstić information content (AvgIpc) is 3.05. The predicted molar refractivity (Wildman–Crippen MR) is 105 cm³/mol. The molecule has 122 valence electrons. The lowest BCUT2D eigenvalue weighted by atomic mass is 10.1. The van der Waals surface area contributed by atoms with Crippen LogP contribution in [0, 0.1) is 0 Å². The van der Waals surface area contributed by atoms with Gasteiger partial charge in [-0.2, -0.15) is 0 Å². The zero-order valence-corrected chi connectivity index (χ0v) is 16.1. The standard InChI is InChI=1S/C19H15BrClNOS/c1-12(13-5-7-15(20)8-6-13)22-19(23)18-10-9-17(24-18)14-3-2-4-16(21)11-14/h2-12H,1H3,(H,22,23)/t12-/m0/s1. The maximum Gasteiger partial charge on any atom is 0.261 e. The summed E-state index contributed by atoms with van der Waals surface area (Å²) >= 11 is 10.9. The van der Waals surface area contributed by atoms with Gasteiger partial charge in [-0.25, -0.2) is 0 Å². The van der Waals surface area contributed by atoms with Crippen LogP contribution in [0.5, 0.6) is 0 Å².